The first-order valence-corrected chi connectivity index (χ1v) is 7.34. The zero-order valence-electron chi connectivity index (χ0n) is 11.0. The summed E-state index contributed by atoms with van der Waals surface area (Å²) in [5.41, 5.74) is 7.15. The average molecular weight is 306 g/mol. The third kappa shape index (κ3) is 2.58. The van der Waals surface area contributed by atoms with Crippen molar-refractivity contribution < 1.29 is 13.6 Å². The van der Waals surface area contributed by atoms with Crippen molar-refractivity contribution in [3.8, 4) is 0 Å². The second-order valence-electron chi connectivity index (χ2n) is 4.66. The molecule has 6 heteroatoms. The molecule has 0 radical (unpaired) electrons. The highest BCUT2D eigenvalue weighted by molar-refractivity contribution is 7.99. The Morgan fingerprint density at radius 1 is 1.14 bits per heavy atom. The first-order chi connectivity index (χ1) is 10.1. The second kappa shape index (κ2) is 5.37. The van der Waals surface area contributed by atoms with Crippen LogP contribution >= 0.6 is 11.8 Å². The van der Waals surface area contributed by atoms with Crippen molar-refractivity contribution in [2.24, 2.45) is 0 Å². The van der Waals surface area contributed by atoms with Gasteiger partial charge in [0.25, 0.3) is 5.91 Å². The molecule has 3 rings (SSSR count). The molecule has 1 aliphatic rings. The largest absolute Gasteiger partial charge is 0.399 e. The maximum Gasteiger partial charge on any atom is 0.258 e. The zero-order chi connectivity index (χ0) is 15.0. The lowest BCUT2D eigenvalue weighted by Crippen LogP contribution is -2.35. The van der Waals surface area contributed by atoms with Crippen molar-refractivity contribution in [3.63, 3.8) is 0 Å². The highest BCUT2D eigenvalue weighted by Gasteiger charge is 2.24. The Balaban J connectivity index is 1.99. The van der Waals surface area contributed by atoms with Crippen LogP contribution in [0.15, 0.2) is 41.3 Å². The van der Waals surface area contributed by atoms with Crippen molar-refractivity contribution in [1.82, 2.24) is 0 Å². The van der Waals surface area contributed by atoms with Gasteiger partial charge < -0.3 is 10.6 Å². The number of carbonyl (C=O) groups is 1. The molecular formula is C15H12F2N2OS. The normalized spacial score (nSPS) is 13.9. The smallest absolute Gasteiger partial charge is 0.258 e. The van der Waals surface area contributed by atoms with E-state index in [1.807, 2.05) is 6.07 Å². The topological polar surface area (TPSA) is 46.3 Å². The van der Waals surface area contributed by atoms with Gasteiger partial charge in [0, 0.05) is 28.4 Å². The number of hydrogen-bond donors (Lipinski definition) is 1. The number of hydrogen-bond acceptors (Lipinski definition) is 3. The molecule has 0 aliphatic carbocycles. The van der Waals surface area contributed by atoms with Crippen LogP contribution in [0.4, 0.5) is 20.2 Å². The molecule has 0 spiro atoms. The molecule has 108 valence electrons. The number of amides is 1. The van der Waals surface area contributed by atoms with E-state index in [2.05, 4.69) is 0 Å². The molecule has 0 bridgehead atoms. The van der Waals surface area contributed by atoms with Crippen LogP contribution in [0.2, 0.25) is 0 Å². The van der Waals surface area contributed by atoms with Crippen molar-refractivity contribution in [1.29, 1.82) is 0 Å². The summed E-state index contributed by atoms with van der Waals surface area (Å²) >= 11 is 1.64. The maximum atomic E-state index is 13.3. The number of rotatable bonds is 1. The van der Waals surface area contributed by atoms with Crippen molar-refractivity contribution in [2.45, 2.75) is 4.90 Å². The Kier molecular flexibility index (Phi) is 3.55. The molecule has 0 fully saturated rings. The van der Waals surface area contributed by atoms with E-state index in [9.17, 15) is 13.6 Å². The lowest BCUT2D eigenvalue weighted by molar-refractivity contribution is 0.0987. The Labute approximate surface area is 124 Å². The van der Waals surface area contributed by atoms with E-state index >= 15 is 0 Å². The number of benzene rings is 2. The number of fused-ring (bicyclic) bond motifs is 1. The van der Waals surface area contributed by atoms with Crippen LogP contribution < -0.4 is 10.6 Å². The quantitative estimate of drug-likeness (QED) is 0.822. The summed E-state index contributed by atoms with van der Waals surface area (Å²) in [7, 11) is 0. The summed E-state index contributed by atoms with van der Waals surface area (Å²) in [6.45, 7) is 0.499. The summed E-state index contributed by atoms with van der Waals surface area (Å²) < 4.78 is 26.3. The molecular weight excluding hydrogens is 294 g/mol. The van der Waals surface area contributed by atoms with Gasteiger partial charge in [0.2, 0.25) is 0 Å². The number of nitrogens with zero attached hydrogens (tertiary/aromatic N) is 1. The van der Waals surface area contributed by atoms with Gasteiger partial charge in [-0.15, -0.1) is 11.8 Å². The molecule has 0 unspecified atom stereocenters. The van der Waals surface area contributed by atoms with E-state index in [-0.39, 0.29) is 11.5 Å². The minimum absolute atomic E-state index is 0.120. The fourth-order valence-electron chi connectivity index (χ4n) is 2.23. The number of nitrogen functional groups attached to an aromatic ring is 1. The minimum Gasteiger partial charge on any atom is -0.399 e. The first kappa shape index (κ1) is 13.9. The van der Waals surface area contributed by atoms with Gasteiger partial charge in [-0.25, -0.2) is 8.78 Å². The van der Waals surface area contributed by atoms with Gasteiger partial charge in [0.1, 0.15) is 0 Å². The van der Waals surface area contributed by atoms with Gasteiger partial charge in [0.05, 0.1) is 5.69 Å². The fourth-order valence-corrected chi connectivity index (χ4v) is 3.21. The number of nitrogens with two attached hydrogens (primary N) is 1. The molecule has 1 aliphatic heterocycles. The van der Waals surface area contributed by atoms with E-state index in [1.54, 1.807) is 28.8 Å². The molecule has 1 amide bonds. The monoisotopic (exact) mass is 306 g/mol. The van der Waals surface area contributed by atoms with E-state index in [0.29, 0.717) is 17.9 Å². The van der Waals surface area contributed by atoms with E-state index in [0.717, 1.165) is 22.8 Å². The van der Waals surface area contributed by atoms with Crippen LogP contribution in [-0.2, 0) is 0 Å². The first-order valence-electron chi connectivity index (χ1n) is 6.35. The average Bonchev–Trinajstić information content (AvgIpc) is 2.48. The summed E-state index contributed by atoms with van der Waals surface area (Å²) in [6.07, 6.45) is 0. The van der Waals surface area contributed by atoms with Crippen molar-refractivity contribution in [3.05, 3.63) is 53.6 Å². The summed E-state index contributed by atoms with van der Waals surface area (Å²) in [4.78, 5) is 15.0. The summed E-state index contributed by atoms with van der Waals surface area (Å²) in [5, 5.41) is 0. The zero-order valence-corrected chi connectivity index (χ0v) is 11.8. The minimum atomic E-state index is -1.03. The van der Waals surface area contributed by atoms with Crippen LogP contribution in [0.3, 0.4) is 0 Å². The van der Waals surface area contributed by atoms with E-state index in [1.165, 1.54) is 6.07 Å². The molecule has 21 heavy (non-hydrogen) atoms. The Morgan fingerprint density at radius 3 is 2.71 bits per heavy atom. The van der Waals surface area contributed by atoms with Gasteiger partial charge in [-0.3, -0.25) is 4.79 Å². The maximum absolute atomic E-state index is 13.3. The van der Waals surface area contributed by atoms with Gasteiger partial charge in [-0.2, -0.15) is 0 Å². The highest BCUT2D eigenvalue weighted by atomic mass is 32.2. The lowest BCUT2D eigenvalue weighted by Gasteiger charge is -2.29. The second-order valence-corrected chi connectivity index (χ2v) is 5.80. The molecule has 2 aromatic rings. The molecule has 0 atom stereocenters. The Hall–Kier alpha value is -2.08. The van der Waals surface area contributed by atoms with Crippen LogP contribution in [0.1, 0.15) is 10.4 Å². The summed E-state index contributed by atoms with van der Waals surface area (Å²) in [5.74, 6) is -1.61. The van der Waals surface area contributed by atoms with E-state index < -0.39 is 11.6 Å². The van der Waals surface area contributed by atoms with Crippen LogP contribution in [0.5, 0.6) is 0 Å². The molecule has 0 saturated heterocycles. The van der Waals surface area contributed by atoms with Crippen LogP contribution in [0, 0.1) is 11.6 Å². The Bertz CT molecular complexity index is 721. The van der Waals surface area contributed by atoms with Crippen LogP contribution in [-0.4, -0.2) is 18.2 Å². The molecule has 0 saturated carbocycles. The highest BCUT2D eigenvalue weighted by Crippen LogP contribution is 2.36. The molecule has 2 aromatic carbocycles. The van der Waals surface area contributed by atoms with Gasteiger partial charge in [-0.05, 0) is 36.4 Å². The molecule has 1 heterocycles. The Morgan fingerprint density at radius 2 is 1.95 bits per heavy atom. The predicted octanol–water partition coefficient (Wildman–Crippen LogP) is 3.30. The van der Waals surface area contributed by atoms with E-state index in [4.69, 9.17) is 5.73 Å². The van der Waals surface area contributed by atoms with Crippen LogP contribution in [0.25, 0.3) is 0 Å². The number of thioether (sulfide) groups is 1. The molecule has 2 N–H and O–H groups in total. The number of anilines is 2. The lowest BCUT2D eigenvalue weighted by atomic mass is 10.1. The van der Waals surface area contributed by atoms with Gasteiger partial charge >= 0.3 is 0 Å². The fraction of sp³-hybridized carbons (Fsp3) is 0.133. The molecule has 0 aromatic heterocycles. The SMILES string of the molecule is Nc1ccc2c(c1)N(C(=O)c1ccc(F)c(F)c1)CCS2. The standard InChI is InChI=1S/C15H12F2N2OS/c16-11-3-1-9(7-12(11)17)15(20)19-5-6-21-14-4-2-10(18)8-13(14)19/h1-4,7-8H,5-6,18H2. The number of carbonyl (C=O) groups excluding carboxylic acids is 1. The third-order valence-corrected chi connectivity index (χ3v) is 4.30. The van der Waals surface area contributed by atoms with Crippen molar-refractivity contribution in [2.75, 3.05) is 22.9 Å². The molecule has 3 nitrogen and oxygen atoms in total. The van der Waals surface area contributed by atoms with Crippen molar-refractivity contribution >= 4 is 29.0 Å². The summed E-state index contributed by atoms with van der Waals surface area (Å²) in [6, 6.07) is 8.53. The predicted molar refractivity (Wildman–Crippen MR) is 79.6 cm³/mol. The van der Waals surface area contributed by atoms with Gasteiger partial charge in [0.15, 0.2) is 11.6 Å². The van der Waals surface area contributed by atoms with Gasteiger partial charge in [-0.1, -0.05) is 0 Å². The number of halogens is 2. The third-order valence-electron chi connectivity index (χ3n) is 3.26.